The van der Waals surface area contributed by atoms with Crippen LogP contribution in [0.25, 0.3) is 11.3 Å². The maximum Gasteiger partial charge on any atom is 0.336 e. The number of carbonyl (C=O) groups is 2. The maximum atomic E-state index is 12.9. The minimum Gasteiger partial charge on any atom is -0.466 e. The first-order valence-corrected chi connectivity index (χ1v) is 12.0. The highest BCUT2D eigenvalue weighted by Crippen LogP contribution is 2.43. The number of benzene rings is 2. The summed E-state index contributed by atoms with van der Waals surface area (Å²) in [5.41, 5.74) is 3.73. The number of nitro groups is 1. The van der Waals surface area contributed by atoms with Gasteiger partial charge in [0.2, 0.25) is 0 Å². The highest BCUT2D eigenvalue weighted by Gasteiger charge is 2.38. The molecular weight excluding hydrogens is 496 g/mol. The zero-order valence-corrected chi connectivity index (χ0v) is 21.3. The molecule has 11 heteroatoms. The molecule has 0 fully saturated rings. The third kappa shape index (κ3) is 4.94. The lowest BCUT2D eigenvalue weighted by atomic mass is 9.79. The van der Waals surface area contributed by atoms with Gasteiger partial charge in [0, 0.05) is 28.5 Å². The van der Waals surface area contributed by atoms with Crippen LogP contribution in [0.15, 0.2) is 76.5 Å². The lowest BCUT2D eigenvalue weighted by molar-refractivity contribution is -0.384. The molecule has 0 saturated heterocycles. The molecule has 0 amide bonds. The van der Waals surface area contributed by atoms with Crippen molar-refractivity contribution in [3.8, 4) is 11.3 Å². The van der Waals surface area contributed by atoms with Gasteiger partial charge in [-0.15, -0.1) is 11.3 Å². The first-order chi connectivity index (χ1) is 17.8. The Morgan fingerprint density at radius 1 is 1.00 bits per heavy atom. The molecule has 0 unspecified atom stereocenters. The number of para-hydroxylation sites is 2. The molecule has 37 heavy (non-hydrogen) atoms. The van der Waals surface area contributed by atoms with E-state index in [9.17, 15) is 19.7 Å². The fraction of sp³-hybridized carbons (Fsp3) is 0.192. The van der Waals surface area contributed by atoms with Gasteiger partial charge < -0.3 is 20.1 Å². The van der Waals surface area contributed by atoms with Crippen molar-refractivity contribution in [3.05, 3.63) is 92.1 Å². The van der Waals surface area contributed by atoms with Crippen molar-refractivity contribution in [1.82, 2.24) is 10.3 Å². The van der Waals surface area contributed by atoms with Crippen LogP contribution < -0.4 is 10.6 Å². The Morgan fingerprint density at radius 3 is 2.22 bits per heavy atom. The Balaban J connectivity index is 1.79. The van der Waals surface area contributed by atoms with E-state index in [1.165, 1.54) is 31.6 Å². The van der Waals surface area contributed by atoms with Crippen molar-refractivity contribution < 1.29 is 24.0 Å². The first-order valence-electron chi connectivity index (χ1n) is 11.2. The Labute approximate surface area is 216 Å². The number of hydrogen-bond donors (Lipinski definition) is 2. The molecule has 0 radical (unpaired) electrons. The van der Waals surface area contributed by atoms with E-state index in [2.05, 4.69) is 15.6 Å². The number of nitrogens with zero attached hydrogens (tertiary/aromatic N) is 2. The second-order valence-electron chi connectivity index (χ2n) is 8.14. The molecule has 0 bridgehead atoms. The lowest BCUT2D eigenvalue weighted by Gasteiger charge is -2.31. The average Bonchev–Trinajstić information content (AvgIpc) is 3.36. The summed E-state index contributed by atoms with van der Waals surface area (Å²) in [5, 5.41) is 20.0. The molecule has 1 aromatic heterocycles. The molecule has 2 N–H and O–H groups in total. The summed E-state index contributed by atoms with van der Waals surface area (Å²) in [4.78, 5) is 41.3. The maximum absolute atomic E-state index is 12.9. The SMILES string of the molecule is COC(=O)C1=C(C)NC(C)=C(C(=O)OC)C1c1ccccc1Nc1nc(-c2ccccc2[N+](=O)[O-])cs1. The second-order valence-corrected chi connectivity index (χ2v) is 9.00. The fourth-order valence-corrected chi connectivity index (χ4v) is 5.07. The number of nitro benzene ring substituents is 1. The Hall–Kier alpha value is -4.51. The summed E-state index contributed by atoms with van der Waals surface area (Å²) in [6.07, 6.45) is 0. The van der Waals surface area contributed by atoms with E-state index in [1.54, 1.807) is 55.6 Å². The van der Waals surface area contributed by atoms with Crippen LogP contribution in [0.5, 0.6) is 0 Å². The van der Waals surface area contributed by atoms with Crippen LogP contribution in [0.1, 0.15) is 25.3 Å². The number of dihydropyridines is 1. The Morgan fingerprint density at radius 2 is 1.59 bits per heavy atom. The van der Waals surface area contributed by atoms with Gasteiger partial charge in [0.25, 0.3) is 5.69 Å². The number of anilines is 2. The van der Waals surface area contributed by atoms with Crippen molar-refractivity contribution >= 4 is 39.8 Å². The van der Waals surface area contributed by atoms with Gasteiger partial charge in [-0.2, -0.15) is 0 Å². The van der Waals surface area contributed by atoms with E-state index in [4.69, 9.17) is 9.47 Å². The number of hydrogen-bond acceptors (Lipinski definition) is 10. The quantitative estimate of drug-likeness (QED) is 0.250. The highest BCUT2D eigenvalue weighted by atomic mass is 32.1. The smallest absolute Gasteiger partial charge is 0.336 e. The first kappa shape index (κ1) is 25.6. The molecule has 2 heterocycles. The molecule has 0 saturated carbocycles. The second kappa shape index (κ2) is 10.6. The zero-order chi connectivity index (χ0) is 26.7. The van der Waals surface area contributed by atoms with Crippen LogP contribution >= 0.6 is 11.3 Å². The number of methoxy groups -OCH3 is 2. The largest absolute Gasteiger partial charge is 0.466 e. The molecule has 10 nitrogen and oxygen atoms in total. The van der Waals surface area contributed by atoms with Gasteiger partial charge in [-0.25, -0.2) is 14.6 Å². The minimum absolute atomic E-state index is 0.0406. The molecular formula is C26H24N4O6S. The average molecular weight is 521 g/mol. The minimum atomic E-state index is -0.778. The van der Waals surface area contributed by atoms with Gasteiger partial charge in [0.15, 0.2) is 5.13 Å². The number of nitrogens with one attached hydrogen (secondary N) is 2. The summed E-state index contributed by atoms with van der Waals surface area (Å²) in [6, 6.07) is 13.6. The number of thiazole rings is 1. The molecule has 2 aromatic carbocycles. The van der Waals surface area contributed by atoms with E-state index < -0.39 is 22.8 Å². The van der Waals surface area contributed by atoms with Gasteiger partial charge in [0.05, 0.1) is 47.5 Å². The van der Waals surface area contributed by atoms with Crippen LogP contribution in [0.3, 0.4) is 0 Å². The third-order valence-electron chi connectivity index (χ3n) is 5.97. The zero-order valence-electron chi connectivity index (χ0n) is 20.5. The van der Waals surface area contributed by atoms with Crippen molar-refractivity contribution in [2.75, 3.05) is 19.5 Å². The van der Waals surface area contributed by atoms with Gasteiger partial charge in [0.1, 0.15) is 0 Å². The van der Waals surface area contributed by atoms with Crippen molar-refractivity contribution in [2.45, 2.75) is 19.8 Å². The molecule has 0 atom stereocenters. The van der Waals surface area contributed by atoms with Crippen LogP contribution in [0.4, 0.5) is 16.5 Å². The number of aromatic nitrogens is 1. The molecule has 3 aromatic rings. The summed E-state index contributed by atoms with van der Waals surface area (Å²) >= 11 is 1.27. The molecule has 190 valence electrons. The monoisotopic (exact) mass is 520 g/mol. The van der Waals surface area contributed by atoms with Gasteiger partial charge in [-0.05, 0) is 31.5 Å². The number of esters is 2. The Kier molecular flexibility index (Phi) is 7.35. The molecule has 0 spiro atoms. The van der Waals surface area contributed by atoms with E-state index in [0.29, 0.717) is 39.0 Å². The molecule has 4 rings (SSSR count). The van der Waals surface area contributed by atoms with Crippen LogP contribution in [0, 0.1) is 10.1 Å². The molecule has 1 aliphatic heterocycles. The predicted molar refractivity (Wildman–Crippen MR) is 139 cm³/mol. The van der Waals surface area contributed by atoms with E-state index in [0.717, 1.165) is 0 Å². The van der Waals surface area contributed by atoms with Crippen molar-refractivity contribution in [1.29, 1.82) is 0 Å². The number of carbonyl (C=O) groups excluding carboxylic acids is 2. The lowest BCUT2D eigenvalue weighted by Crippen LogP contribution is -2.32. The van der Waals surface area contributed by atoms with E-state index >= 15 is 0 Å². The van der Waals surface area contributed by atoms with Gasteiger partial charge >= 0.3 is 11.9 Å². The Bertz CT molecular complexity index is 1420. The number of ether oxygens (including phenoxy) is 2. The normalized spacial score (nSPS) is 13.7. The predicted octanol–water partition coefficient (Wildman–Crippen LogP) is 5.04. The molecule has 0 aliphatic carbocycles. The molecule has 1 aliphatic rings. The third-order valence-corrected chi connectivity index (χ3v) is 6.72. The topological polar surface area (TPSA) is 133 Å². The van der Waals surface area contributed by atoms with Crippen LogP contribution in [-0.2, 0) is 19.1 Å². The van der Waals surface area contributed by atoms with Crippen molar-refractivity contribution in [2.24, 2.45) is 0 Å². The number of rotatable bonds is 7. The van der Waals surface area contributed by atoms with Crippen LogP contribution in [-0.4, -0.2) is 36.1 Å². The number of allylic oxidation sites excluding steroid dienone is 2. The van der Waals surface area contributed by atoms with Crippen molar-refractivity contribution in [3.63, 3.8) is 0 Å². The highest BCUT2D eigenvalue weighted by molar-refractivity contribution is 7.14. The van der Waals surface area contributed by atoms with E-state index in [-0.39, 0.29) is 16.8 Å². The summed E-state index contributed by atoms with van der Waals surface area (Å²) in [6.45, 7) is 3.49. The summed E-state index contributed by atoms with van der Waals surface area (Å²) in [5.74, 6) is -1.93. The standard InChI is InChI=1S/C26H24N4O6S/c1-14-21(24(31)35-3)23(22(15(2)27-14)25(32)36-4)17-10-5-7-11-18(17)28-26-29-19(13-37-26)16-9-6-8-12-20(16)30(33)34/h5-13,23,27H,1-4H3,(H,28,29). The van der Waals surface area contributed by atoms with Gasteiger partial charge in [-0.1, -0.05) is 30.3 Å². The van der Waals surface area contributed by atoms with Crippen LogP contribution in [0.2, 0.25) is 0 Å². The fourth-order valence-electron chi connectivity index (χ4n) is 4.35. The van der Waals surface area contributed by atoms with Gasteiger partial charge in [-0.3, -0.25) is 10.1 Å². The van der Waals surface area contributed by atoms with E-state index in [1.807, 2.05) is 6.07 Å². The summed E-state index contributed by atoms with van der Waals surface area (Å²) < 4.78 is 10.1. The summed E-state index contributed by atoms with van der Waals surface area (Å²) in [7, 11) is 2.57.